The molecule has 1 unspecified atom stereocenters. The van der Waals surface area contributed by atoms with E-state index in [1.807, 2.05) is 12.1 Å². The average molecular weight is 173 g/mol. The van der Waals surface area contributed by atoms with Crippen molar-refractivity contribution in [3.63, 3.8) is 0 Å². The van der Waals surface area contributed by atoms with Crippen LogP contribution in [0.1, 0.15) is 24.6 Å². The predicted octanol–water partition coefficient (Wildman–Crippen LogP) is 1.53. The average Bonchev–Trinajstić information content (AvgIpc) is 2.99. The molecule has 1 aromatic heterocycles. The fourth-order valence-corrected chi connectivity index (χ4v) is 1.04. The van der Waals surface area contributed by atoms with Gasteiger partial charge in [-0.2, -0.15) is 0 Å². The van der Waals surface area contributed by atoms with Crippen molar-refractivity contribution in [2.24, 2.45) is 5.92 Å². The molecular formula is C11H11NO. The first kappa shape index (κ1) is 8.28. The summed E-state index contributed by atoms with van der Waals surface area (Å²) < 4.78 is 0. The number of rotatable bonds is 1. The van der Waals surface area contributed by atoms with Crippen molar-refractivity contribution >= 4 is 0 Å². The minimum absolute atomic E-state index is 0.526. The van der Waals surface area contributed by atoms with Gasteiger partial charge in [0.15, 0.2) is 6.10 Å². The van der Waals surface area contributed by atoms with Crippen LogP contribution in [0.4, 0.5) is 0 Å². The van der Waals surface area contributed by atoms with Crippen LogP contribution in [0.15, 0.2) is 24.4 Å². The smallest absolute Gasteiger partial charge is 0.156 e. The van der Waals surface area contributed by atoms with Gasteiger partial charge >= 0.3 is 0 Å². The van der Waals surface area contributed by atoms with Crippen LogP contribution in [0, 0.1) is 17.8 Å². The van der Waals surface area contributed by atoms with Crippen molar-refractivity contribution in [3.8, 4) is 11.8 Å². The fourth-order valence-electron chi connectivity index (χ4n) is 1.04. The largest absolute Gasteiger partial charge is 0.374 e. The lowest BCUT2D eigenvalue weighted by molar-refractivity contribution is 0.233. The number of hydrogen-bond donors (Lipinski definition) is 1. The van der Waals surface area contributed by atoms with E-state index in [-0.39, 0.29) is 0 Å². The van der Waals surface area contributed by atoms with E-state index in [9.17, 15) is 5.11 Å². The highest BCUT2D eigenvalue weighted by atomic mass is 16.3. The Bertz CT molecular complexity index is 332. The second kappa shape index (κ2) is 3.59. The zero-order valence-electron chi connectivity index (χ0n) is 7.27. The predicted molar refractivity (Wildman–Crippen MR) is 49.7 cm³/mol. The Balaban J connectivity index is 2.05. The molecule has 1 aliphatic rings. The Morgan fingerprint density at radius 2 is 2.31 bits per heavy atom. The molecular weight excluding hydrogens is 162 g/mol. The van der Waals surface area contributed by atoms with Gasteiger partial charge in [0, 0.05) is 12.1 Å². The first-order valence-corrected chi connectivity index (χ1v) is 4.46. The first-order chi connectivity index (χ1) is 6.36. The summed E-state index contributed by atoms with van der Waals surface area (Å²) in [6.07, 6.45) is 3.31. The molecule has 1 heterocycles. The topological polar surface area (TPSA) is 33.1 Å². The van der Waals surface area contributed by atoms with Crippen LogP contribution in [-0.2, 0) is 0 Å². The minimum Gasteiger partial charge on any atom is -0.374 e. The number of pyridine rings is 1. The standard InChI is InChI=1S/C11H11NO/c13-11(7-6-9-4-5-9)10-3-1-2-8-12-10/h1-3,8-9,11,13H,4-5H2. The summed E-state index contributed by atoms with van der Waals surface area (Å²) in [6, 6.07) is 5.46. The highest BCUT2D eigenvalue weighted by Crippen LogP contribution is 2.27. The molecule has 2 rings (SSSR count). The summed E-state index contributed by atoms with van der Waals surface area (Å²) in [4.78, 5) is 4.02. The Labute approximate surface area is 77.6 Å². The molecule has 1 saturated carbocycles. The lowest BCUT2D eigenvalue weighted by atomic mass is 10.2. The first-order valence-electron chi connectivity index (χ1n) is 4.46. The summed E-state index contributed by atoms with van der Waals surface area (Å²) in [7, 11) is 0. The zero-order chi connectivity index (χ0) is 9.10. The van der Waals surface area contributed by atoms with Crippen LogP contribution in [0.3, 0.4) is 0 Å². The summed E-state index contributed by atoms with van der Waals surface area (Å²) in [5, 5.41) is 9.56. The molecule has 66 valence electrons. The van der Waals surface area contributed by atoms with Gasteiger partial charge in [-0.15, -0.1) is 0 Å². The van der Waals surface area contributed by atoms with E-state index in [0.717, 1.165) is 0 Å². The van der Waals surface area contributed by atoms with Crippen molar-refractivity contribution in [1.29, 1.82) is 0 Å². The molecule has 2 heteroatoms. The fraction of sp³-hybridized carbons (Fsp3) is 0.364. The maximum Gasteiger partial charge on any atom is 0.156 e. The van der Waals surface area contributed by atoms with Crippen LogP contribution in [-0.4, -0.2) is 10.1 Å². The van der Waals surface area contributed by atoms with Crippen molar-refractivity contribution in [1.82, 2.24) is 4.98 Å². The normalized spacial score (nSPS) is 17.3. The third kappa shape index (κ3) is 2.30. The van der Waals surface area contributed by atoms with E-state index < -0.39 is 6.10 Å². The van der Waals surface area contributed by atoms with Gasteiger partial charge in [0.2, 0.25) is 0 Å². The van der Waals surface area contributed by atoms with E-state index >= 15 is 0 Å². The van der Waals surface area contributed by atoms with Gasteiger partial charge in [-0.05, 0) is 25.0 Å². The Morgan fingerprint density at radius 3 is 2.92 bits per heavy atom. The van der Waals surface area contributed by atoms with Crippen molar-refractivity contribution in [3.05, 3.63) is 30.1 Å². The molecule has 2 nitrogen and oxygen atoms in total. The van der Waals surface area contributed by atoms with Crippen molar-refractivity contribution < 1.29 is 5.11 Å². The molecule has 0 spiro atoms. The van der Waals surface area contributed by atoms with Gasteiger partial charge in [-0.25, -0.2) is 0 Å². The van der Waals surface area contributed by atoms with E-state index in [2.05, 4.69) is 16.8 Å². The van der Waals surface area contributed by atoms with E-state index in [1.165, 1.54) is 12.8 Å². The molecule has 0 saturated heterocycles. The number of aliphatic hydroxyl groups excluding tert-OH is 1. The molecule has 1 atom stereocenters. The van der Waals surface area contributed by atoms with Gasteiger partial charge in [-0.3, -0.25) is 4.98 Å². The van der Waals surface area contributed by atoms with Gasteiger partial charge in [0.05, 0.1) is 5.69 Å². The van der Waals surface area contributed by atoms with Crippen LogP contribution in [0.25, 0.3) is 0 Å². The molecule has 0 aliphatic heterocycles. The minimum atomic E-state index is -0.721. The molecule has 1 N–H and O–H groups in total. The summed E-state index contributed by atoms with van der Waals surface area (Å²) in [5.41, 5.74) is 0.635. The number of aliphatic hydroxyl groups is 1. The second-order valence-electron chi connectivity index (χ2n) is 3.22. The number of aromatic nitrogens is 1. The van der Waals surface area contributed by atoms with Crippen molar-refractivity contribution in [2.45, 2.75) is 18.9 Å². The third-order valence-electron chi connectivity index (χ3n) is 1.97. The lowest BCUT2D eigenvalue weighted by Gasteiger charge is -2.00. The summed E-state index contributed by atoms with van der Waals surface area (Å²) in [6.45, 7) is 0. The van der Waals surface area contributed by atoms with Gasteiger partial charge in [-0.1, -0.05) is 17.9 Å². The highest BCUT2D eigenvalue weighted by Gasteiger charge is 2.18. The molecule has 0 aromatic carbocycles. The monoisotopic (exact) mass is 173 g/mol. The van der Waals surface area contributed by atoms with Crippen molar-refractivity contribution in [2.75, 3.05) is 0 Å². The Morgan fingerprint density at radius 1 is 1.46 bits per heavy atom. The van der Waals surface area contributed by atoms with Crippen LogP contribution in [0.5, 0.6) is 0 Å². The SMILES string of the molecule is OC(C#CC1CC1)c1ccccn1. The van der Waals surface area contributed by atoms with Gasteiger partial charge in [0.25, 0.3) is 0 Å². The Hall–Kier alpha value is -1.33. The second-order valence-corrected chi connectivity index (χ2v) is 3.22. The molecule has 0 amide bonds. The Kier molecular flexibility index (Phi) is 2.29. The quantitative estimate of drug-likeness (QED) is 0.653. The third-order valence-corrected chi connectivity index (χ3v) is 1.97. The van der Waals surface area contributed by atoms with Crippen LogP contribution >= 0.6 is 0 Å². The maximum atomic E-state index is 9.56. The molecule has 13 heavy (non-hydrogen) atoms. The molecule has 0 radical (unpaired) electrons. The molecule has 1 aromatic rings. The summed E-state index contributed by atoms with van der Waals surface area (Å²) in [5.74, 6) is 6.34. The van der Waals surface area contributed by atoms with E-state index in [1.54, 1.807) is 12.3 Å². The summed E-state index contributed by atoms with van der Waals surface area (Å²) >= 11 is 0. The molecule has 0 bridgehead atoms. The van der Waals surface area contributed by atoms with E-state index in [4.69, 9.17) is 0 Å². The van der Waals surface area contributed by atoms with E-state index in [0.29, 0.717) is 11.6 Å². The van der Waals surface area contributed by atoms with Gasteiger partial charge < -0.3 is 5.11 Å². The lowest BCUT2D eigenvalue weighted by Crippen LogP contribution is -1.96. The number of nitrogens with zero attached hydrogens (tertiary/aromatic N) is 1. The number of hydrogen-bond acceptors (Lipinski definition) is 2. The molecule has 1 aliphatic carbocycles. The zero-order valence-corrected chi connectivity index (χ0v) is 7.27. The maximum absolute atomic E-state index is 9.56. The molecule has 1 fully saturated rings. The van der Waals surface area contributed by atoms with Gasteiger partial charge in [0.1, 0.15) is 0 Å². The highest BCUT2D eigenvalue weighted by molar-refractivity contribution is 5.20. The van der Waals surface area contributed by atoms with Crippen LogP contribution < -0.4 is 0 Å². The van der Waals surface area contributed by atoms with Crippen LogP contribution in [0.2, 0.25) is 0 Å².